The summed E-state index contributed by atoms with van der Waals surface area (Å²) in [5.41, 5.74) is 2.55. The monoisotopic (exact) mass is 311 g/mol. The Hall–Kier alpha value is -2.62. The number of carbonyl (C=O) groups is 2. The first-order valence-electron chi connectivity index (χ1n) is 7.74. The maximum atomic E-state index is 12.1. The molecule has 0 radical (unpaired) electrons. The molecule has 4 heteroatoms. The summed E-state index contributed by atoms with van der Waals surface area (Å²) in [6, 6.07) is 16.8. The molecule has 0 spiro atoms. The summed E-state index contributed by atoms with van der Waals surface area (Å²) in [5.74, 6) is -1.30. The minimum atomic E-state index is -0.780. The van der Waals surface area contributed by atoms with Crippen molar-refractivity contribution in [3.8, 4) is 0 Å². The van der Waals surface area contributed by atoms with E-state index in [-0.39, 0.29) is 11.8 Å². The second kappa shape index (κ2) is 8.13. The Labute approximate surface area is 136 Å². The average Bonchev–Trinajstić information content (AvgIpc) is 2.58. The van der Waals surface area contributed by atoms with Crippen LogP contribution in [0.1, 0.15) is 34.8 Å². The first-order chi connectivity index (χ1) is 11.1. The zero-order valence-electron chi connectivity index (χ0n) is 13.2. The number of carboxylic acid groups (broad SMARTS) is 1. The van der Waals surface area contributed by atoms with Crippen LogP contribution in [0.5, 0.6) is 0 Å². The van der Waals surface area contributed by atoms with E-state index in [0.717, 1.165) is 11.1 Å². The quantitative estimate of drug-likeness (QED) is 0.824. The lowest BCUT2D eigenvalue weighted by molar-refractivity contribution is -0.141. The average molecular weight is 311 g/mol. The Balaban J connectivity index is 1.93. The maximum Gasteiger partial charge on any atom is 0.306 e. The van der Waals surface area contributed by atoms with Gasteiger partial charge >= 0.3 is 5.97 Å². The third-order valence-electron chi connectivity index (χ3n) is 3.84. The van der Waals surface area contributed by atoms with Gasteiger partial charge in [0.15, 0.2) is 0 Å². The third kappa shape index (κ3) is 4.95. The first kappa shape index (κ1) is 16.7. The second-order valence-electron chi connectivity index (χ2n) is 5.51. The molecular formula is C19H21NO3. The van der Waals surface area contributed by atoms with Crippen molar-refractivity contribution in [2.75, 3.05) is 0 Å². The molecule has 0 aliphatic heterocycles. The van der Waals surface area contributed by atoms with Crippen molar-refractivity contribution in [2.45, 2.75) is 26.3 Å². The molecule has 0 aromatic heterocycles. The molecular weight excluding hydrogens is 290 g/mol. The Morgan fingerprint density at radius 2 is 1.65 bits per heavy atom. The van der Waals surface area contributed by atoms with Crippen molar-refractivity contribution in [3.63, 3.8) is 0 Å². The summed E-state index contributed by atoms with van der Waals surface area (Å²) in [4.78, 5) is 23.2. The van der Waals surface area contributed by atoms with Crippen LogP contribution < -0.4 is 5.32 Å². The van der Waals surface area contributed by atoms with Gasteiger partial charge in [0.25, 0.3) is 5.91 Å². The van der Waals surface area contributed by atoms with Gasteiger partial charge in [-0.2, -0.15) is 0 Å². The van der Waals surface area contributed by atoms with E-state index in [2.05, 4.69) is 5.32 Å². The molecule has 120 valence electrons. The van der Waals surface area contributed by atoms with Gasteiger partial charge in [0.1, 0.15) is 0 Å². The van der Waals surface area contributed by atoms with E-state index in [1.54, 1.807) is 12.1 Å². The number of hydrogen-bond donors (Lipinski definition) is 2. The van der Waals surface area contributed by atoms with Gasteiger partial charge in [-0.1, -0.05) is 49.4 Å². The number of benzene rings is 2. The largest absolute Gasteiger partial charge is 0.481 e. The molecule has 1 amide bonds. The predicted molar refractivity (Wildman–Crippen MR) is 89.2 cm³/mol. The Morgan fingerprint density at radius 1 is 1.00 bits per heavy atom. The van der Waals surface area contributed by atoms with Crippen molar-refractivity contribution < 1.29 is 14.7 Å². The molecule has 0 aliphatic rings. The zero-order valence-corrected chi connectivity index (χ0v) is 13.2. The first-order valence-corrected chi connectivity index (χ1v) is 7.74. The molecule has 2 N–H and O–H groups in total. The van der Waals surface area contributed by atoms with Gasteiger partial charge in [-0.05, 0) is 36.1 Å². The van der Waals surface area contributed by atoms with Gasteiger partial charge in [-0.25, -0.2) is 0 Å². The van der Waals surface area contributed by atoms with Gasteiger partial charge in [-0.15, -0.1) is 0 Å². The van der Waals surface area contributed by atoms with E-state index in [1.807, 2.05) is 49.4 Å². The fraction of sp³-hybridized carbons (Fsp3) is 0.263. The maximum absolute atomic E-state index is 12.1. The van der Waals surface area contributed by atoms with Crippen LogP contribution in [-0.4, -0.2) is 17.0 Å². The van der Waals surface area contributed by atoms with Gasteiger partial charge < -0.3 is 10.4 Å². The minimum absolute atomic E-state index is 0.134. The van der Waals surface area contributed by atoms with E-state index in [4.69, 9.17) is 5.11 Å². The highest BCUT2D eigenvalue weighted by atomic mass is 16.4. The lowest BCUT2D eigenvalue weighted by Crippen LogP contribution is -2.22. The van der Waals surface area contributed by atoms with Crippen molar-refractivity contribution in [1.82, 2.24) is 5.32 Å². The van der Waals surface area contributed by atoms with Crippen LogP contribution in [0.4, 0.5) is 0 Å². The molecule has 2 aromatic carbocycles. The number of rotatable bonds is 7. The predicted octanol–water partition coefficient (Wildman–Crippen LogP) is 3.27. The summed E-state index contributed by atoms with van der Waals surface area (Å²) < 4.78 is 0. The highest BCUT2D eigenvalue weighted by Gasteiger charge is 2.15. The van der Waals surface area contributed by atoms with Crippen LogP contribution in [-0.2, 0) is 17.8 Å². The fourth-order valence-corrected chi connectivity index (χ4v) is 2.36. The SMILES string of the molecule is CCC(Cc1ccc(C(=O)NCc2ccccc2)cc1)C(=O)O. The van der Waals surface area contributed by atoms with Gasteiger partial charge in [-0.3, -0.25) is 9.59 Å². The molecule has 0 saturated heterocycles. The van der Waals surface area contributed by atoms with E-state index >= 15 is 0 Å². The standard InChI is InChI=1S/C19H21NO3/c1-2-16(19(22)23)12-14-8-10-17(11-9-14)18(21)20-13-15-6-4-3-5-7-15/h3-11,16H,2,12-13H2,1H3,(H,20,21)(H,22,23). The summed E-state index contributed by atoms with van der Waals surface area (Å²) in [6.45, 7) is 2.35. The topological polar surface area (TPSA) is 66.4 Å². The zero-order chi connectivity index (χ0) is 16.7. The highest BCUT2D eigenvalue weighted by Crippen LogP contribution is 2.14. The summed E-state index contributed by atoms with van der Waals surface area (Å²) >= 11 is 0. The summed E-state index contributed by atoms with van der Waals surface area (Å²) in [5, 5.41) is 12.0. The molecule has 0 aliphatic carbocycles. The number of carbonyl (C=O) groups excluding carboxylic acids is 1. The van der Waals surface area contributed by atoms with Crippen molar-refractivity contribution in [1.29, 1.82) is 0 Å². The van der Waals surface area contributed by atoms with Crippen molar-refractivity contribution in [3.05, 3.63) is 71.3 Å². The Kier molecular flexibility index (Phi) is 5.92. The minimum Gasteiger partial charge on any atom is -0.481 e. The number of hydrogen-bond acceptors (Lipinski definition) is 2. The van der Waals surface area contributed by atoms with E-state index in [9.17, 15) is 9.59 Å². The molecule has 2 rings (SSSR count). The lowest BCUT2D eigenvalue weighted by Gasteiger charge is -2.10. The van der Waals surface area contributed by atoms with Crippen LogP contribution in [0.2, 0.25) is 0 Å². The van der Waals surface area contributed by atoms with Crippen LogP contribution in [0.15, 0.2) is 54.6 Å². The van der Waals surface area contributed by atoms with Crippen molar-refractivity contribution >= 4 is 11.9 Å². The van der Waals surface area contributed by atoms with Crippen molar-refractivity contribution in [2.24, 2.45) is 5.92 Å². The molecule has 0 saturated carbocycles. The molecule has 0 heterocycles. The van der Waals surface area contributed by atoms with Crippen LogP contribution in [0.3, 0.4) is 0 Å². The van der Waals surface area contributed by atoms with E-state index in [0.29, 0.717) is 24.9 Å². The number of carboxylic acids is 1. The number of aliphatic carboxylic acids is 1. The summed E-state index contributed by atoms with van der Waals surface area (Å²) in [7, 11) is 0. The Morgan fingerprint density at radius 3 is 2.22 bits per heavy atom. The number of nitrogens with one attached hydrogen (secondary N) is 1. The highest BCUT2D eigenvalue weighted by molar-refractivity contribution is 5.94. The van der Waals surface area contributed by atoms with E-state index in [1.165, 1.54) is 0 Å². The molecule has 4 nitrogen and oxygen atoms in total. The van der Waals surface area contributed by atoms with Gasteiger partial charge in [0.2, 0.25) is 0 Å². The van der Waals surface area contributed by atoms with E-state index < -0.39 is 5.97 Å². The van der Waals surface area contributed by atoms with Crippen LogP contribution in [0, 0.1) is 5.92 Å². The molecule has 23 heavy (non-hydrogen) atoms. The Bertz CT molecular complexity index is 650. The van der Waals surface area contributed by atoms with Gasteiger partial charge in [0, 0.05) is 12.1 Å². The smallest absolute Gasteiger partial charge is 0.306 e. The molecule has 1 unspecified atom stereocenters. The molecule has 0 fully saturated rings. The fourth-order valence-electron chi connectivity index (χ4n) is 2.36. The summed E-state index contributed by atoms with van der Waals surface area (Å²) in [6.07, 6.45) is 1.08. The lowest BCUT2D eigenvalue weighted by atomic mass is 9.96. The normalized spacial score (nSPS) is 11.7. The third-order valence-corrected chi connectivity index (χ3v) is 3.84. The van der Waals surface area contributed by atoms with Crippen LogP contribution >= 0.6 is 0 Å². The number of amides is 1. The van der Waals surface area contributed by atoms with Gasteiger partial charge in [0.05, 0.1) is 5.92 Å². The molecule has 2 aromatic rings. The molecule has 0 bridgehead atoms. The van der Waals surface area contributed by atoms with Crippen LogP contribution in [0.25, 0.3) is 0 Å². The molecule has 1 atom stereocenters. The second-order valence-corrected chi connectivity index (χ2v) is 5.51.